The maximum atomic E-state index is 11.9. The average Bonchev–Trinajstić information content (AvgIpc) is 2.34. The van der Waals surface area contributed by atoms with Crippen LogP contribution in [0.15, 0.2) is 18.2 Å². The molecule has 0 saturated carbocycles. The average molecular weight is 263 g/mol. The number of hydrogen-bond acceptors (Lipinski definition) is 3. The molecular formula is C15H25N3O. The lowest BCUT2D eigenvalue weighted by molar-refractivity contribution is -0.117. The molecule has 4 nitrogen and oxygen atoms in total. The second-order valence-corrected chi connectivity index (χ2v) is 5.17. The summed E-state index contributed by atoms with van der Waals surface area (Å²) in [6.07, 6.45) is 2.23. The van der Waals surface area contributed by atoms with Gasteiger partial charge in [0, 0.05) is 17.4 Å². The van der Waals surface area contributed by atoms with Crippen molar-refractivity contribution >= 4 is 17.3 Å². The second-order valence-electron chi connectivity index (χ2n) is 5.17. The van der Waals surface area contributed by atoms with Crippen LogP contribution in [-0.2, 0) is 4.79 Å². The van der Waals surface area contributed by atoms with Gasteiger partial charge in [0.1, 0.15) is 0 Å². The molecule has 3 N–H and O–H groups in total. The minimum atomic E-state index is -0.00583. The number of aryl methyl sites for hydroxylation is 1. The predicted molar refractivity (Wildman–Crippen MR) is 81.2 cm³/mol. The van der Waals surface area contributed by atoms with Crippen LogP contribution in [0.4, 0.5) is 11.4 Å². The molecule has 0 aliphatic rings. The maximum absolute atomic E-state index is 11.9. The SMILES string of the molecule is CCCC(C)N(C)CC(=O)Nc1ccc(C)c(N)c1. The van der Waals surface area contributed by atoms with Gasteiger partial charge in [-0.15, -0.1) is 0 Å². The monoisotopic (exact) mass is 263 g/mol. The molecule has 1 aromatic carbocycles. The minimum absolute atomic E-state index is 0.00583. The number of carbonyl (C=O) groups excluding carboxylic acids is 1. The van der Waals surface area contributed by atoms with Gasteiger partial charge in [-0.05, 0) is 45.0 Å². The van der Waals surface area contributed by atoms with Crippen molar-refractivity contribution < 1.29 is 4.79 Å². The van der Waals surface area contributed by atoms with Gasteiger partial charge in [-0.3, -0.25) is 9.69 Å². The molecule has 0 aromatic heterocycles. The highest BCUT2D eigenvalue weighted by molar-refractivity contribution is 5.92. The molecule has 0 aliphatic heterocycles. The van der Waals surface area contributed by atoms with Crippen LogP contribution in [0.1, 0.15) is 32.3 Å². The van der Waals surface area contributed by atoms with E-state index in [0.29, 0.717) is 18.3 Å². The van der Waals surface area contributed by atoms with Crippen molar-refractivity contribution in [3.8, 4) is 0 Å². The molecule has 0 radical (unpaired) electrons. The van der Waals surface area contributed by atoms with Crippen molar-refractivity contribution in [2.24, 2.45) is 0 Å². The van der Waals surface area contributed by atoms with Gasteiger partial charge in [-0.1, -0.05) is 19.4 Å². The molecule has 0 fully saturated rings. The van der Waals surface area contributed by atoms with Crippen LogP contribution in [0, 0.1) is 6.92 Å². The Hall–Kier alpha value is -1.55. The Balaban J connectivity index is 2.53. The number of nitrogens with one attached hydrogen (secondary N) is 1. The van der Waals surface area contributed by atoms with Crippen LogP contribution in [0.2, 0.25) is 0 Å². The topological polar surface area (TPSA) is 58.4 Å². The van der Waals surface area contributed by atoms with E-state index in [1.807, 2.05) is 26.1 Å². The minimum Gasteiger partial charge on any atom is -0.398 e. The first-order valence-electron chi connectivity index (χ1n) is 6.80. The van der Waals surface area contributed by atoms with E-state index in [9.17, 15) is 4.79 Å². The smallest absolute Gasteiger partial charge is 0.238 e. The fourth-order valence-electron chi connectivity index (χ4n) is 1.94. The van der Waals surface area contributed by atoms with Crippen LogP contribution in [0.3, 0.4) is 0 Å². The predicted octanol–water partition coefficient (Wildman–Crippen LogP) is 2.64. The van der Waals surface area contributed by atoms with Crippen LogP contribution in [-0.4, -0.2) is 30.4 Å². The summed E-state index contributed by atoms with van der Waals surface area (Å²) in [5.41, 5.74) is 8.30. The molecule has 0 aliphatic carbocycles. The third kappa shape index (κ3) is 4.91. The van der Waals surface area contributed by atoms with Gasteiger partial charge in [-0.2, -0.15) is 0 Å². The standard InChI is InChI=1S/C15H25N3O/c1-5-6-12(3)18(4)10-15(19)17-13-8-7-11(2)14(16)9-13/h7-9,12H,5-6,10,16H2,1-4H3,(H,17,19). The largest absolute Gasteiger partial charge is 0.398 e. The van der Waals surface area contributed by atoms with Crippen molar-refractivity contribution in [3.05, 3.63) is 23.8 Å². The zero-order valence-corrected chi connectivity index (χ0v) is 12.4. The second kappa shape index (κ2) is 7.14. The number of nitrogens with two attached hydrogens (primary N) is 1. The molecule has 1 rings (SSSR count). The highest BCUT2D eigenvalue weighted by Gasteiger charge is 2.12. The molecule has 1 aromatic rings. The number of benzene rings is 1. The number of carbonyl (C=O) groups is 1. The third-order valence-corrected chi connectivity index (χ3v) is 3.41. The molecule has 0 heterocycles. The molecule has 1 unspecified atom stereocenters. The summed E-state index contributed by atoms with van der Waals surface area (Å²) in [4.78, 5) is 14.0. The third-order valence-electron chi connectivity index (χ3n) is 3.41. The Labute approximate surface area is 116 Å². The van der Waals surface area contributed by atoms with Crippen LogP contribution >= 0.6 is 0 Å². The van der Waals surface area contributed by atoms with E-state index in [1.165, 1.54) is 0 Å². The van der Waals surface area contributed by atoms with Gasteiger partial charge < -0.3 is 11.1 Å². The number of hydrogen-bond donors (Lipinski definition) is 2. The molecule has 1 atom stereocenters. The molecule has 4 heteroatoms. The normalized spacial score (nSPS) is 12.5. The summed E-state index contributed by atoms with van der Waals surface area (Å²) >= 11 is 0. The lowest BCUT2D eigenvalue weighted by Crippen LogP contribution is -2.36. The van der Waals surface area contributed by atoms with Crippen LogP contribution < -0.4 is 11.1 Å². The van der Waals surface area contributed by atoms with Crippen LogP contribution in [0.25, 0.3) is 0 Å². The Kier molecular flexibility index (Phi) is 5.83. The summed E-state index contributed by atoms with van der Waals surface area (Å²) in [6, 6.07) is 6.00. The number of rotatable bonds is 6. The Morgan fingerprint density at radius 2 is 2.16 bits per heavy atom. The number of nitrogens with zero attached hydrogens (tertiary/aromatic N) is 1. The molecule has 0 saturated heterocycles. The summed E-state index contributed by atoms with van der Waals surface area (Å²) < 4.78 is 0. The Morgan fingerprint density at radius 3 is 2.74 bits per heavy atom. The maximum Gasteiger partial charge on any atom is 0.238 e. The number of nitrogen functional groups attached to an aromatic ring is 1. The summed E-state index contributed by atoms with van der Waals surface area (Å²) in [5.74, 6) is -0.00583. The fourth-order valence-corrected chi connectivity index (χ4v) is 1.94. The van der Waals surface area contributed by atoms with E-state index in [2.05, 4.69) is 24.1 Å². The summed E-state index contributed by atoms with van der Waals surface area (Å²) in [7, 11) is 1.98. The first-order chi connectivity index (χ1) is 8.93. The van der Waals surface area contributed by atoms with Crippen molar-refractivity contribution in [1.82, 2.24) is 4.90 Å². The Bertz CT molecular complexity index is 431. The fraction of sp³-hybridized carbons (Fsp3) is 0.533. The molecule has 106 valence electrons. The lowest BCUT2D eigenvalue weighted by atomic mass is 10.1. The van der Waals surface area contributed by atoms with E-state index in [0.717, 1.165) is 24.1 Å². The van der Waals surface area contributed by atoms with Gasteiger partial charge in [0.15, 0.2) is 0 Å². The van der Waals surface area contributed by atoms with Gasteiger partial charge in [-0.25, -0.2) is 0 Å². The van der Waals surface area contributed by atoms with Crippen molar-refractivity contribution in [3.63, 3.8) is 0 Å². The zero-order valence-electron chi connectivity index (χ0n) is 12.4. The highest BCUT2D eigenvalue weighted by atomic mass is 16.2. The van der Waals surface area contributed by atoms with E-state index in [4.69, 9.17) is 5.73 Å². The van der Waals surface area contributed by atoms with Crippen molar-refractivity contribution in [2.45, 2.75) is 39.7 Å². The molecule has 0 bridgehead atoms. The number of likely N-dealkylation sites (N-methyl/N-ethyl adjacent to an activating group) is 1. The zero-order chi connectivity index (χ0) is 14.4. The highest BCUT2D eigenvalue weighted by Crippen LogP contribution is 2.16. The number of anilines is 2. The summed E-state index contributed by atoms with van der Waals surface area (Å²) in [5, 5.41) is 2.88. The van der Waals surface area contributed by atoms with E-state index in [-0.39, 0.29) is 5.91 Å². The van der Waals surface area contributed by atoms with Crippen molar-refractivity contribution in [1.29, 1.82) is 0 Å². The molecule has 19 heavy (non-hydrogen) atoms. The summed E-state index contributed by atoms with van der Waals surface area (Å²) in [6.45, 7) is 6.64. The Morgan fingerprint density at radius 1 is 1.47 bits per heavy atom. The quantitative estimate of drug-likeness (QED) is 0.776. The van der Waals surface area contributed by atoms with Gasteiger partial charge in [0.25, 0.3) is 0 Å². The first-order valence-corrected chi connectivity index (χ1v) is 6.80. The van der Waals surface area contributed by atoms with E-state index in [1.54, 1.807) is 6.07 Å². The van der Waals surface area contributed by atoms with Gasteiger partial charge in [0.2, 0.25) is 5.91 Å². The first kappa shape index (κ1) is 15.5. The van der Waals surface area contributed by atoms with E-state index >= 15 is 0 Å². The lowest BCUT2D eigenvalue weighted by Gasteiger charge is -2.23. The van der Waals surface area contributed by atoms with Gasteiger partial charge >= 0.3 is 0 Å². The molecule has 0 spiro atoms. The van der Waals surface area contributed by atoms with Crippen LogP contribution in [0.5, 0.6) is 0 Å². The molecular weight excluding hydrogens is 238 g/mol. The van der Waals surface area contributed by atoms with Gasteiger partial charge in [0.05, 0.1) is 6.54 Å². The number of amides is 1. The van der Waals surface area contributed by atoms with E-state index < -0.39 is 0 Å². The van der Waals surface area contributed by atoms with Crippen molar-refractivity contribution in [2.75, 3.05) is 24.6 Å². The molecule has 1 amide bonds.